The number of hydrogen-bond donors (Lipinski definition) is 2. The minimum absolute atomic E-state index is 0.00166. The predicted octanol–water partition coefficient (Wildman–Crippen LogP) is 3.59. The zero-order chi connectivity index (χ0) is 21.3. The van der Waals surface area contributed by atoms with Gasteiger partial charge in [0, 0.05) is 29.6 Å². The molecule has 156 valence electrons. The van der Waals surface area contributed by atoms with Gasteiger partial charge in [0.15, 0.2) is 5.25 Å². The van der Waals surface area contributed by atoms with Crippen LogP contribution in [0.15, 0.2) is 47.4 Å². The number of benzene rings is 2. The van der Waals surface area contributed by atoms with Crippen LogP contribution in [-0.4, -0.2) is 41.0 Å². The van der Waals surface area contributed by atoms with E-state index in [1.807, 2.05) is 56.3 Å². The van der Waals surface area contributed by atoms with E-state index in [4.69, 9.17) is 0 Å². The van der Waals surface area contributed by atoms with Crippen molar-refractivity contribution in [2.75, 3.05) is 23.7 Å². The molecule has 0 radical (unpaired) electrons. The Kier molecular flexibility index (Phi) is 5.81. The van der Waals surface area contributed by atoms with Gasteiger partial charge in [-0.05, 0) is 49.9 Å². The van der Waals surface area contributed by atoms with Crippen LogP contribution in [0.25, 0.3) is 0 Å². The van der Waals surface area contributed by atoms with Crippen LogP contribution in [0.4, 0.5) is 11.4 Å². The lowest BCUT2D eigenvalue weighted by atomic mass is 9.95. The molecule has 0 saturated carbocycles. The van der Waals surface area contributed by atoms with E-state index in [2.05, 4.69) is 10.6 Å². The Morgan fingerprint density at radius 1 is 1.03 bits per heavy atom. The molecule has 0 spiro atoms. The summed E-state index contributed by atoms with van der Waals surface area (Å²) in [6.07, 6.45) is 1.19. The number of fused-ring (bicyclic) bond motifs is 1. The van der Waals surface area contributed by atoms with Gasteiger partial charge in [-0.1, -0.05) is 30.3 Å². The molecule has 1 fully saturated rings. The van der Waals surface area contributed by atoms with Crippen molar-refractivity contribution >= 4 is 40.9 Å². The van der Waals surface area contributed by atoms with Crippen LogP contribution < -0.4 is 10.6 Å². The second-order valence-corrected chi connectivity index (χ2v) is 8.99. The highest BCUT2D eigenvalue weighted by atomic mass is 32.2. The topological polar surface area (TPSA) is 78.5 Å². The predicted molar refractivity (Wildman–Crippen MR) is 119 cm³/mol. The van der Waals surface area contributed by atoms with Crippen molar-refractivity contribution in [3.8, 4) is 0 Å². The minimum Gasteiger partial charge on any atom is -0.341 e. The molecule has 4 rings (SSSR count). The summed E-state index contributed by atoms with van der Waals surface area (Å²) in [7, 11) is 0. The average molecular weight is 424 g/mol. The van der Waals surface area contributed by atoms with Crippen LogP contribution in [0.2, 0.25) is 0 Å². The smallest absolute Gasteiger partial charge is 0.247 e. The van der Waals surface area contributed by atoms with Crippen molar-refractivity contribution in [3.05, 3.63) is 53.6 Å². The number of para-hydroxylation sites is 2. The quantitative estimate of drug-likeness (QED) is 0.740. The van der Waals surface area contributed by atoms with E-state index >= 15 is 0 Å². The molecule has 2 aliphatic rings. The van der Waals surface area contributed by atoms with Crippen LogP contribution in [0.5, 0.6) is 0 Å². The Morgan fingerprint density at radius 2 is 1.70 bits per heavy atom. The Hall–Kier alpha value is -2.80. The van der Waals surface area contributed by atoms with Crippen molar-refractivity contribution < 1.29 is 14.4 Å². The summed E-state index contributed by atoms with van der Waals surface area (Å²) in [5.41, 5.74) is 3.70. The number of rotatable bonds is 3. The van der Waals surface area contributed by atoms with Gasteiger partial charge in [-0.15, -0.1) is 11.8 Å². The van der Waals surface area contributed by atoms with E-state index in [0.717, 1.165) is 27.4 Å². The third kappa shape index (κ3) is 4.07. The van der Waals surface area contributed by atoms with Gasteiger partial charge >= 0.3 is 0 Å². The first-order valence-electron chi connectivity index (χ1n) is 10.2. The number of carbonyl (C=O) groups is 3. The molecule has 30 heavy (non-hydrogen) atoms. The van der Waals surface area contributed by atoms with Gasteiger partial charge in [0.1, 0.15) is 0 Å². The summed E-state index contributed by atoms with van der Waals surface area (Å²) >= 11 is 1.30. The molecule has 2 N–H and O–H groups in total. The summed E-state index contributed by atoms with van der Waals surface area (Å²) < 4.78 is 0. The Morgan fingerprint density at radius 3 is 2.40 bits per heavy atom. The fourth-order valence-electron chi connectivity index (χ4n) is 3.98. The number of thioether (sulfide) groups is 1. The van der Waals surface area contributed by atoms with Crippen molar-refractivity contribution in [3.63, 3.8) is 0 Å². The van der Waals surface area contributed by atoms with Crippen LogP contribution in [0.3, 0.4) is 0 Å². The van der Waals surface area contributed by atoms with Gasteiger partial charge < -0.3 is 15.5 Å². The largest absolute Gasteiger partial charge is 0.341 e. The Labute approximate surface area is 180 Å². The second kappa shape index (κ2) is 8.52. The van der Waals surface area contributed by atoms with E-state index in [-0.39, 0.29) is 23.6 Å². The van der Waals surface area contributed by atoms with Gasteiger partial charge in [0.05, 0.1) is 5.69 Å². The zero-order valence-corrected chi connectivity index (χ0v) is 17.9. The number of hydrogen-bond acceptors (Lipinski definition) is 4. The van der Waals surface area contributed by atoms with Gasteiger partial charge in [0.2, 0.25) is 17.7 Å². The number of nitrogens with zero attached hydrogens (tertiary/aromatic N) is 1. The third-order valence-electron chi connectivity index (χ3n) is 5.76. The number of aryl methyl sites for hydroxylation is 2. The first-order valence-corrected chi connectivity index (χ1v) is 11.0. The fourth-order valence-corrected chi connectivity index (χ4v) is 5.05. The van der Waals surface area contributed by atoms with Gasteiger partial charge in [0.25, 0.3) is 0 Å². The monoisotopic (exact) mass is 423 g/mol. The molecule has 1 unspecified atom stereocenters. The van der Waals surface area contributed by atoms with E-state index < -0.39 is 5.25 Å². The molecule has 0 bridgehead atoms. The number of likely N-dealkylation sites (tertiary alicyclic amines) is 1. The lowest BCUT2D eigenvalue weighted by molar-refractivity contribution is -0.136. The normalized spacial score (nSPS) is 19.1. The standard InChI is InChI=1S/C23H25N3O3S/c1-14-6-5-7-15(2)19(14)25-21(27)16-10-12-26(13-11-16)23(29)20-22(28)24-17-8-3-4-9-18(17)30-20/h3-9,16,20H,10-13H2,1-2H3,(H,24,28)(H,25,27). The van der Waals surface area contributed by atoms with Crippen LogP contribution >= 0.6 is 11.8 Å². The summed E-state index contributed by atoms with van der Waals surface area (Å²) in [5.74, 6) is -0.598. The van der Waals surface area contributed by atoms with Crippen molar-refractivity contribution in [2.24, 2.45) is 5.92 Å². The number of nitrogens with one attached hydrogen (secondary N) is 2. The molecule has 0 aromatic heterocycles. The number of carbonyl (C=O) groups excluding carboxylic acids is 3. The maximum Gasteiger partial charge on any atom is 0.247 e. The zero-order valence-electron chi connectivity index (χ0n) is 17.1. The molecule has 2 aromatic carbocycles. The molecule has 1 atom stereocenters. The highest BCUT2D eigenvalue weighted by molar-refractivity contribution is 8.01. The molecular weight excluding hydrogens is 398 g/mol. The molecule has 0 aliphatic carbocycles. The first kappa shape index (κ1) is 20.5. The number of piperidine rings is 1. The van der Waals surface area contributed by atoms with Crippen molar-refractivity contribution in [2.45, 2.75) is 36.8 Å². The maximum absolute atomic E-state index is 13.0. The van der Waals surface area contributed by atoms with Crippen molar-refractivity contribution in [1.29, 1.82) is 0 Å². The lowest BCUT2D eigenvalue weighted by Gasteiger charge is -2.34. The average Bonchev–Trinajstić information content (AvgIpc) is 2.75. The second-order valence-electron chi connectivity index (χ2n) is 7.84. The van der Waals surface area contributed by atoms with Crippen molar-refractivity contribution in [1.82, 2.24) is 4.90 Å². The molecule has 7 heteroatoms. The molecule has 2 aliphatic heterocycles. The maximum atomic E-state index is 13.0. The van der Waals surface area contributed by atoms with E-state index in [1.165, 1.54) is 11.8 Å². The highest BCUT2D eigenvalue weighted by Gasteiger charge is 2.37. The molecule has 3 amide bonds. The van der Waals surface area contributed by atoms with E-state index in [9.17, 15) is 14.4 Å². The van der Waals surface area contributed by atoms with E-state index in [0.29, 0.717) is 25.9 Å². The fraction of sp³-hybridized carbons (Fsp3) is 0.348. The van der Waals surface area contributed by atoms with E-state index in [1.54, 1.807) is 4.90 Å². The minimum atomic E-state index is -0.778. The summed E-state index contributed by atoms with van der Waals surface area (Å²) in [5, 5.41) is 5.11. The summed E-state index contributed by atoms with van der Waals surface area (Å²) in [6.45, 7) is 4.93. The van der Waals surface area contributed by atoms with Crippen LogP contribution in [-0.2, 0) is 14.4 Å². The van der Waals surface area contributed by atoms with Gasteiger partial charge in [-0.25, -0.2) is 0 Å². The lowest BCUT2D eigenvalue weighted by Crippen LogP contribution is -2.48. The number of amides is 3. The molecular formula is C23H25N3O3S. The number of anilines is 2. The molecule has 6 nitrogen and oxygen atoms in total. The van der Waals surface area contributed by atoms with Crippen LogP contribution in [0.1, 0.15) is 24.0 Å². The Bertz CT molecular complexity index is 979. The SMILES string of the molecule is Cc1cccc(C)c1NC(=O)C1CCN(C(=O)C2Sc3ccccc3NC2=O)CC1. The molecule has 2 aromatic rings. The van der Waals surface area contributed by atoms with Gasteiger partial charge in [-0.2, -0.15) is 0 Å². The molecule has 1 saturated heterocycles. The highest BCUT2D eigenvalue weighted by Crippen LogP contribution is 2.36. The van der Waals surface area contributed by atoms with Gasteiger partial charge in [-0.3, -0.25) is 14.4 Å². The summed E-state index contributed by atoms with van der Waals surface area (Å²) in [6, 6.07) is 13.4. The molecule has 2 heterocycles. The summed E-state index contributed by atoms with van der Waals surface area (Å²) in [4.78, 5) is 40.8. The third-order valence-corrected chi connectivity index (χ3v) is 7.02. The Balaban J connectivity index is 1.36. The first-order chi connectivity index (χ1) is 14.4. The van der Waals surface area contributed by atoms with Crippen LogP contribution in [0, 0.1) is 19.8 Å².